The number of allylic oxidation sites excluding steroid dienone is 14. The Morgan fingerprint density at radius 1 is 0.400 bits per heavy atom. The smallest absolute Gasteiger partial charge is 0.306 e. The van der Waals surface area contributed by atoms with E-state index in [1.165, 1.54) is 44.9 Å². The Labute approximate surface area is 337 Å². The second-order valence-corrected chi connectivity index (χ2v) is 14.3. The van der Waals surface area contributed by atoms with Gasteiger partial charge in [-0.05, 0) is 64.2 Å². The lowest BCUT2D eigenvalue weighted by Crippen LogP contribution is -2.30. The number of ether oxygens (including phenoxy) is 3. The highest BCUT2D eigenvalue weighted by Crippen LogP contribution is 2.13. The van der Waals surface area contributed by atoms with Gasteiger partial charge in [-0.25, -0.2) is 0 Å². The molecule has 0 saturated carbocycles. The number of rotatable bonds is 38. The number of hydrogen-bond acceptors (Lipinski definition) is 6. The first-order valence-electron chi connectivity index (χ1n) is 22.2. The van der Waals surface area contributed by atoms with Crippen molar-refractivity contribution >= 4 is 17.9 Å². The van der Waals surface area contributed by atoms with E-state index in [2.05, 4.69) is 57.2 Å². The molecular formula is C49H80O6. The molecule has 312 valence electrons. The van der Waals surface area contributed by atoms with E-state index in [1.54, 1.807) is 0 Å². The minimum atomic E-state index is -0.797. The molecule has 1 unspecified atom stereocenters. The molecule has 0 aromatic rings. The maximum Gasteiger partial charge on any atom is 0.306 e. The van der Waals surface area contributed by atoms with Crippen molar-refractivity contribution in [1.82, 2.24) is 0 Å². The van der Waals surface area contributed by atoms with Gasteiger partial charge in [0.15, 0.2) is 6.10 Å². The molecule has 0 aliphatic carbocycles. The summed E-state index contributed by atoms with van der Waals surface area (Å²) in [6.45, 7) is 6.29. The summed E-state index contributed by atoms with van der Waals surface area (Å²) in [7, 11) is 0. The number of carbonyl (C=O) groups is 3. The average Bonchev–Trinajstić information content (AvgIpc) is 3.18. The van der Waals surface area contributed by atoms with E-state index in [4.69, 9.17) is 14.2 Å². The van der Waals surface area contributed by atoms with Crippen LogP contribution in [0, 0.1) is 0 Å². The van der Waals surface area contributed by atoms with Crippen LogP contribution in [0.15, 0.2) is 85.1 Å². The van der Waals surface area contributed by atoms with Gasteiger partial charge in [0, 0.05) is 19.3 Å². The Morgan fingerprint density at radius 2 is 0.800 bits per heavy atom. The normalized spacial score (nSPS) is 12.9. The predicted molar refractivity (Wildman–Crippen MR) is 233 cm³/mol. The molecule has 0 aromatic carbocycles. The van der Waals surface area contributed by atoms with Crippen LogP contribution in [-0.4, -0.2) is 37.2 Å². The van der Waals surface area contributed by atoms with Gasteiger partial charge in [0.1, 0.15) is 13.2 Å². The van der Waals surface area contributed by atoms with Crippen LogP contribution in [0.25, 0.3) is 0 Å². The molecule has 0 radical (unpaired) electrons. The molecule has 55 heavy (non-hydrogen) atoms. The highest BCUT2D eigenvalue weighted by Gasteiger charge is 2.19. The Bertz CT molecular complexity index is 1110. The van der Waals surface area contributed by atoms with Gasteiger partial charge in [0.2, 0.25) is 0 Å². The molecule has 0 rings (SSSR count). The Hall–Kier alpha value is -3.41. The van der Waals surface area contributed by atoms with Gasteiger partial charge in [-0.2, -0.15) is 0 Å². The van der Waals surface area contributed by atoms with Crippen molar-refractivity contribution in [3.05, 3.63) is 85.1 Å². The predicted octanol–water partition coefficient (Wildman–Crippen LogP) is 14.1. The van der Waals surface area contributed by atoms with Crippen molar-refractivity contribution in [2.75, 3.05) is 13.2 Å². The third kappa shape index (κ3) is 41.6. The van der Waals surface area contributed by atoms with Gasteiger partial charge in [-0.1, -0.05) is 189 Å². The first kappa shape index (κ1) is 51.6. The number of esters is 3. The van der Waals surface area contributed by atoms with Crippen molar-refractivity contribution in [3.8, 4) is 0 Å². The summed E-state index contributed by atoms with van der Waals surface area (Å²) in [6, 6.07) is 0. The molecule has 0 fully saturated rings. The SMILES string of the molecule is CC\C=C/C=C\C=C/C=C\C=C/CCCCCC(=O)OCC(COC(=O)CCCCCCCCCCCC)OC(=O)CCCCCCC/C=C\C/C=C\CC. The average molecular weight is 765 g/mol. The van der Waals surface area contributed by atoms with E-state index in [-0.39, 0.29) is 31.1 Å². The fourth-order valence-corrected chi connectivity index (χ4v) is 5.73. The van der Waals surface area contributed by atoms with Crippen molar-refractivity contribution in [3.63, 3.8) is 0 Å². The summed E-state index contributed by atoms with van der Waals surface area (Å²) in [5, 5.41) is 0. The van der Waals surface area contributed by atoms with E-state index in [1.807, 2.05) is 48.6 Å². The third-order valence-corrected chi connectivity index (χ3v) is 9.02. The largest absolute Gasteiger partial charge is 0.462 e. The van der Waals surface area contributed by atoms with Gasteiger partial charge in [-0.3, -0.25) is 14.4 Å². The van der Waals surface area contributed by atoms with Gasteiger partial charge in [-0.15, -0.1) is 0 Å². The molecule has 0 bridgehead atoms. The molecule has 6 nitrogen and oxygen atoms in total. The summed E-state index contributed by atoms with van der Waals surface area (Å²) in [5.74, 6) is -0.965. The van der Waals surface area contributed by atoms with Crippen LogP contribution in [0.4, 0.5) is 0 Å². The molecular weight excluding hydrogens is 685 g/mol. The monoisotopic (exact) mass is 765 g/mol. The van der Waals surface area contributed by atoms with Crippen LogP contribution in [0.3, 0.4) is 0 Å². The lowest BCUT2D eigenvalue weighted by molar-refractivity contribution is -0.167. The van der Waals surface area contributed by atoms with E-state index in [0.717, 1.165) is 103 Å². The summed E-state index contributed by atoms with van der Waals surface area (Å²) >= 11 is 0. The van der Waals surface area contributed by atoms with E-state index < -0.39 is 6.10 Å². The van der Waals surface area contributed by atoms with Crippen molar-refractivity contribution in [2.45, 2.75) is 194 Å². The molecule has 0 spiro atoms. The van der Waals surface area contributed by atoms with Crippen molar-refractivity contribution < 1.29 is 28.6 Å². The molecule has 1 atom stereocenters. The lowest BCUT2D eigenvalue weighted by Gasteiger charge is -2.18. The molecule has 0 aliphatic heterocycles. The molecule has 0 aliphatic rings. The van der Waals surface area contributed by atoms with Crippen LogP contribution in [0.2, 0.25) is 0 Å². The zero-order valence-electron chi connectivity index (χ0n) is 35.4. The van der Waals surface area contributed by atoms with Crippen LogP contribution >= 0.6 is 0 Å². The van der Waals surface area contributed by atoms with E-state index in [0.29, 0.717) is 19.3 Å². The van der Waals surface area contributed by atoms with Gasteiger partial charge in [0.05, 0.1) is 0 Å². The number of carbonyl (C=O) groups excluding carboxylic acids is 3. The van der Waals surface area contributed by atoms with Gasteiger partial charge >= 0.3 is 17.9 Å². The van der Waals surface area contributed by atoms with Gasteiger partial charge in [0.25, 0.3) is 0 Å². The summed E-state index contributed by atoms with van der Waals surface area (Å²) in [5.41, 5.74) is 0. The summed E-state index contributed by atoms with van der Waals surface area (Å²) in [6.07, 6.45) is 54.2. The summed E-state index contributed by atoms with van der Waals surface area (Å²) < 4.78 is 16.6. The molecule has 0 amide bonds. The van der Waals surface area contributed by atoms with Crippen molar-refractivity contribution in [1.29, 1.82) is 0 Å². The van der Waals surface area contributed by atoms with E-state index in [9.17, 15) is 14.4 Å². The third-order valence-electron chi connectivity index (χ3n) is 9.02. The molecule has 6 heteroatoms. The topological polar surface area (TPSA) is 78.9 Å². The summed E-state index contributed by atoms with van der Waals surface area (Å²) in [4.78, 5) is 37.7. The molecule has 0 saturated heterocycles. The second kappa shape index (κ2) is 43.3. The number of unbranched alkanes of at least 4 members (excludes halogenated alkanes) is 17. The first-order valence-corrected chi connectivity index (χ1v) is 22.2. The zero-order chi connectivity index (χ0) is 40.1. The second-order valence-electron chi connectivity index (χ2n) is 14.3. The highest BCUT2D eigenvalue weighted by molar-refractivity contribution is 5.71. The van der Waals surface area contributed by atoms with Crippen LogP contribution in [0.5, 0.6) is 0 Å². The fraction of sp³-hybridized carbons (Fsp3) is 0.653. The maximum atomic E-state index is 12.7. The van der Waals surface area contributed by atoms with Crippen LogP contribution < -0.4 is 0 Å². The fourth-order valence-electron chi connectivity index (χ4n) is 5.73. The van der Waals surface area contributed by atoms with Gasteiger partial charge < -0.3 is 14.2 Å². The molecule has 0 aromatic heterocycles. The Balaban J connectivity index is 4.49. The molecule has 0 N–H and O–H groups in total. The van der Waals surface area contributed by atoms with Crippen LogP contribution in [-0.2, 0) is 28.6 Å². The number of hydrogen-bond donors (Lipinski definition) is 0. The minimum absolute atomic E-state index is 0.0963. The van der Waals surface area contributed by atoms with Crippen LogP contribution in [0.1, 0.15) is 188 Å². The van der Waals surface area contributed by atoms with Crippen molar-refractivity contribution in [2.24, 2.45) is 0 Å². The lowest BCUT2D eigenvalue weighted by atomic mass is 10.1. The zero-order valence-corrected chi connectivity index (χ0v) is 35.4. The minimum Gasteiger partial charge on any atom is -0.462 e. The Morgan fingerprint density at radius 3 is 1.33 bits per heavy atom. The highest BCUT2D eigenvalue weighted by atomic mass is 16.6. The first-order chi connectivity index (χ1) is 27.0. The maximum absolute atomic E-state index is 12.7. The quantitative estimate of drug-likeness (QED) is 0.0205. The standard InChI is InChI=1S/C49H80O6/c1-4-7-10-13-16-19-22-24-25-26-28-30-33-36-39-42-48(51)54-45-46(44-53-47(50)41-38-35-32-29-21-18-15-12-9-6-3)55-49(52)43-40-37-34-31-27-23-20-17-14-11-8-5-2/h7-8,10-11,13,16-17,19-20,22,24-26,28,46H,4-6,9,12,14-15,18,21,23,27,29-45H2,1-3H3/b10-7-,11-8-,16-13-,20-17-,22-19-,25-24-,28-26-. The Kier molecular flexibility index (Phi) is 40.6. The molecule has 0 heterocycles. The van der Waals surface area contributed by atoms with E-state index >= 15 is 0 Å².